The average Bonchev–Trinajstić information content (AvgIpc) is 2.31. The molecule has 1 rings (SSSR count). The fraction of sp³-hybridized carbons (Fsp3) is 0.200. The van der Waals surface area contributed by atoms with Crippen molar-refractivity contribution < 1.29 is 18.4 Å². The van der Waals surface area contributed by atoms with E-state index < -0.39 is 5.82 Å². The van der Waals surface area contributed by atoms with E-state index in [0.717, 1.165) is 6.26 Å². The first-order valence-corrected chi connectivity index (χ1v) is 2.39. The summed E-state index contributed by atoms with van der Waals surface area (Å²) < 4.78 is 12.7. The first kappa shape index (κ1) is 6.60. The van der Waals surface area contributed by atoms with Gasteiger partial charge in [-0.15, -0.1) is 0 Å². The van der Waals surface area contributed by atoms with E-state index in [1.54, 1.807) is 0 Å². The van der Waals surface area contributed by atoms with E-state index in [1.165, 1.54) is 6.47 Å². The Bertz CT molecular complexity index is 257. The minimum Gasteiger partial charge on any atom is -0.449 e. The molecule has 1 aromatic rings. The normalized spacial score (nSPS) is 9.20. The van der Waals surface area contributed by atoms with Crippen molar-refractivity contribution in [3.05, 3.63) is 22.6 Å². The lowest BCUT2D eigenvalue weighted by Crippen LogP contribution is -1.90. The van der Waals surface area contributed by atoms with Crippen molar-refractivity contribution in [3.8, 4) is 0 Å². The molecule has 0 amide bonds. The van der Waals surface area contributed by atoms with Gasteiger partial charge in [-0.3, -0.25) is 0 Å². The van der Waals surface area contributed by atoms with Crippen LogP contribution in [0.5, 0.6) is 0 Å². The molecule has 0 atom stereocenters. The Kier molecular flexibility index (Phi) is 1.89. The Morgan fingerprint density at radius 2 is 2.50 bits per heavy atom. The summed E-state index contributed by atoms with van der Waals surface area (Å²) >= 11 is 0. The van der Waals surface area contributed by atoms with Crippen molar-refractivity contribution in [2.24, 2.45) is 0 Å². The second kappa shape index (κ2) is 2.86. The Balaban J connectivity index is 2.58. The van der Waals surface area contributed by atoms with Gasteiger partial charge in [0.05, 0.1) is 0 Å². The summed E-state index contributed by atoms with van der Waals surface area (Å²) in [5.74, 6) is -0.655. The highest BCUT2D eigenvalue weighted by atomic mass is 16.6. The van der Waals surface area contributed by atoms with Crippen LogP contribution < -0.4 is 5.82 Å². The molecule has 0 unspecified atom stereocenters. The van der Waals surface area contributed by atoms with Gasteiger partial charge in [0.25, 0.3) is 0 Å². The van der Waals surface area contributed by atoms with Gasteiger partial charge in [0.2, 0.25) is 0 Å². The Labute approximate surface area is 55.2 Å². The maximum Gasteiger partial charge on any atom is 0.518 e. The van der Waals surface area contributed by atoms with Crippen molar-refractivity contribution in [2.45, 2.75) is 6.61 Å². The van der Waals surface area contributed by atoms with Gasteiger partial charge in [0, 0.05) is 0 Å². The maximum absolute atomic E-state index is 10.2. The zero-order chi connectivity index (χ0) is 7.40. The third-order valence-corrected chi connectivity index (χ3v) is 0.774. The molecule has 0 saturated carbocycles. The third kappa shape index (κ3) is 1.48. The molecular weight excluding hydrogens is 140 g/mol. The van der Waals surface area contributed by atoms with Gasteiger partial charge in [-0.2, -0.15) is 0 Å². The fourth-order valence-electron chi connectivity index (χ4n) is 0.433. The van der Waals surface area contributed by atoms with Gasteiger partial charge in [-0.05, 0) is 0 Å². The van der Waals surface area contributed by atoms with Crippen LogP contribution in [0.25, 0.3) is 0 Å². The van der Waals surface area contributed by atoms with E-state index >= 15 is 0 Å². The average molecular weight is 143 g/mol. The summed E-state index contributed by atoms with van der Waals surface area (Å²) in [6.07, 6.45) is 1.07. The lowest BCUT2D eigenvalue weighted by molar-refractivity contribution is 0.235. The van der Waals surface area contributed by atoms with Crippen LogP contribution in [0, 0.1) is 0 Å². The largest absolute Gasteiger partial charge is 0.518 e. The number of rotatable bonds is 3. The molecule has 1 heterocycles. The molecule has 5 heteroatoms. The summed E-state index contributed by atoms with van der Waals surface area (Å²) in [6.45, 7) is 1.04. The molecule has 0 aliphatic rings. The van der Waals surface area contributed by atoms with Crippen LogP contribution >= 0.6 is 0 Å². The number of hydrogen-bond acceptors (Lipinski definition) is 5. The summed E-state index contributed by atoms with van der Waals surface area (Å²) in [7, 11) is 0. The molecule has 0 aliphatic carbocycles. The topological polar surface area (TPSA) is 69.7 Å². The highest BCUT2D eigenvalue weighted by Crippen LogP contribution is 1.95. The molecule has 1 radical (unpaired) electrons. The van der Waals surface area contributed by atoms with Crippen LogP contribution in [-0.4, -0.2) is 6.47 Å². The Morgan fingerprint density at radius 3 is 3.00 bits per heavy atom. The molecule has 0 aromatic carbocycles. The van der Waals surface area contributed by atoms with Gasteiger partial charge in [-0.1, -0.05) is 0 Å². The second-order valence-corrected chi connectivity index (χ2v) is 1.43. The summed E-state index contributed by atoms with van der Waals surface area (Å²) in [6, 6.07) is 0. The molecule has 1 aromatic heterocycles. The quantitative estimate of drug-likeness (QED) is 0.586. The summed E-state index contributed by atoms with van der Waals surface area (Å²) in [5.41, 5.74) is 0. The van der Waals surface area contributed by atoms with Crippen LogP contribution in [0.15, 0.2) is 19.9 Å². The fourth-order valence-corrected chi connectivity index (χ4v) is 0.433. The highest BCUT2D eigenvalue weighted by molar-refractivity contribution is 5.38. The predicted octanol–water partition coefficient (Wildman–Crippen LogP) is -0.183. The maximum atomic E-state index is 10.2. The van der Waals surface area contributed by atoms with E-state index in [2.05, 4.69) is 13.6 Å². The van der Waals surface area contributed by atoms with E-state index in [-0.39, 0.29) is 12.4 Å². The SMILES string of the molecule is O=[C]OCc1coc(=O)o1. The van der Waals surface area contributed by atoms with Crippen LogP contribution in [-0.2, 0) is 16.1 Å². The van der Waals surface area contributed by atoms with Crippen LogP contribution in [0.2, 0.25) is 0 Å². The van der Waals surface area contributed by atoms with Gasteiger partial charge in [-0.25, -0.2) is 9.59 Å². The highest BCUT2D eigenvalue weighted by Gasteiger charge is 1.99. The molecule has 0 aliphatic heterocycles. The van der Waals surface area contributed by atoms with Crippen LogP contribution in [0.3, 0.4) is 0 Å². The van der Waals surface area contributed by atoms with E-state index in [0.29, 0.717) is 0 Å². The zero-order valence-corrected chi connectivity index (χ0v) is 4.83. The molecule has 53 valence electrons. The smallest absolute Gasteiger partial charge is 0.449 e. The van der Waals surface area contributed by atoms with Gasteiger partial charge in [0.15, 0.2) is 12.4 Å². The van der Waals surface area contributed by atoms with Crippen molar-refractivity contribution >= 4 is 6.47 Å². The lowest BCUT2D eigenvalue weighted by atomic mass is 10.6. The molecule has 0 saturated heterocycles. The summed E-state index contributed by atoms with van der Waals surface area (Å²) in [5, 5.41) is 0. The minimum absolute atomic E-state index is 0.130. The first-order valence-electron chi connectivity index (χ1n) is 2.39. The molecular formula is C5H3O5. The van der Waals surface area contributed by atoms with Crippen molar-refractivity contribution in [1.29, 1.82) is 0 Å². The molecule has 5 nitrogen and oxygen atoms in total. The monoisotopic (exact) mass is 143 g/mol. The van der Waals surface area contributed by atoms with E-state index in [4.69, 9.17) is 0 Å². The Hall–Kier alpha value is -1.52. The van der Waals surface area contributed by atoms with Crippen LogP contribution in [0.4, 0.5) is 0 Å². The van der Waals surface area contributed by atoms with Gasteiger partial charge >= 0.3 is 12.3 Å². The number of carbonyl (C=O) groups excluding carboxylic acids is 1. The van der Waals surface area contributed by atoms with Gasteiger partial charge in [0.1, 0.15) is 6.26 Å². The van der Waals surface area contributed by atoms with Crippen molar-refractivity contribution in [3.63, 3.8) is 0 Å². The number of hydrogen-bond donors (Lipinski definition) is 0. The van der Waals surface area contributed by atoms with Crippen LogP contribution in [0.1, 0.15) is 5.76 Å². The van der Waals surface area contributed by atoms with Crippen molar-refractivity contribution in [1.82, 2.24) is 0 Å². The van der Waals surface area contributed by atoms with E-state index in [9.17, 15) is 9.59 Å². The van der Waals surface area contributed by atoms with E-state index in [1.807, 2.05) is 0 Å². The third-order valence-electron chi connectivity index (χ3n) is 0.774. The lowest BCUT2D eigenvalue weighted by Gasteiger charge is -1.86. The molecule has 0 fully saturated rings. The van der Waals surface area contributed by atoms with Gasteiger partial charge < -0.3 is 13.6 Å². The predicted molar refractivity (Wildman–Crippen MR) is 27.7 cm³/mol. The molecule has 0 N–H and O–H groups in total. The molecule has 0 bridgehead atoms. The first-order chi connectivity index (χ1) is 4.83. The number of ether oxygens (including phenoxy) is 1. The van der Waals surface area contributed by atoms with Crippen molar-refractivity contribution in [2.75, 3.05) is 0 Å². The molecule has 10 heavy (non-hydrogen) atoms. The standard InChI is InChI=1S/C5H3O5/c6-3-8-1-4-2-9-5(7)10-4/h2H,1H2. The Morgan fingerprint density at radius 1 is 1.70 bits per heavy atom. The minimum atomic E-state index is -0.815. The molecule has 0 spiro atoms. The summed E-state index contributed by atoms with van der Waals surface area (Å²) in [4.78, 5) is 19.7. The zero-order valence-electron chi connectivity index (χ0n) is 4.83. The second-order valence-electron chi connectivity index (χ2n) is 1.43.